The Morgan fingerprint density at radius 3 is 2.44 bits per heavy atom. The standard InChI is InChI=1S/C11H7FN2O4/c12-6-1-3-7(4-2-6)18-10(16)8-5-13-11(17)14-9(8)15/h1-5H,(H2,13,14,15,17). The highest BCUT2D eigenvalue weighted by Gasteiger charge is 2.13. The van der Waals surface area contributed by atoms with E-state index in [0.717, 1.165) is 18.3 Å². The van der Waals surface area contributed by atoms with E-state index in [1.807, 2.05) is 4.98 Å². The lowest BCUT2D eigenvalue weighted by molar-refractivity contribution is 0.0732. The molecular formula is C11H7FN2O4. The molecule has 1 aromatic carbocycles. The fraction of sp³-hybridized carbons (Fsp3) is 0. The lowest BCUT2D eigenvalue weighted by Gasteiger charge is -2.02. The number of hydrogen-bond donors (Lipinski definition) is 2. The molecule has 0 saturated heterocycles. The van der Waals surface area contributed by atoms with E-state index in [1.165, 1.54) is 12.1 Å². The van der Waals surface area contributed by atoms with Gasteiger partial charge in [-0.05, 0) is 24.3 Å². The molecule has 0 radical (unpaired) electrons. The predicted octanol–water partition coefficient (Wildman–Crippen LogP) is 0.421. The largest absolute Gasteiger partial charge is 0.423 e. The summed E-state index contributed by atoms with van der Waals surface area (Å²) >= 11 is 0. The second-order valence-corrected chi connectivity index (χ2v) is 3.33. The van der Waals surface area contributed by atoms with Gasteiger partial charge in [0.05, 0.1) is 0 Å². The molecule has 7 heteroatoms. The summed E-state index contributed by atoms with van der Waals surface area (Å²) in [5.74, 6) is -1.33. The Morgan fingerprint density at radius 2 is 1.83 bits per heavy atom. The third-order valence-corrected chi connectivity index (χ3v) is 2.06. The van der Waals surface area contributed by atoms with E-state index in [2.05, 4.69) is 4.98 Å². The van der Waals surface area contributed by atoms with E-state index >= 15 is 0 Å². The van der Waals surface area contributed by atoms with Crippen molar-refractivity contribution in [2.45, 2.75) is 0 Å². The van der Waals surface area contributed by atoms with Gasteiger partial charge >= 0.3 is 11.7 Å². The molecule has 0 unspecified atom stereocenters. The van der Waals surface area contributed by atoms with Crippen molar-refractivity contribution < 1.29 is 13.9 Å². The van der Waals surface area contributed by atoms with Crippen LogP contribution in [0, 0.1) is 5.82 Å². The third kappa shape index (κ3) is 2.51. The van der Waals surface area contributed by atoms with Gasteiger partial charge in [-0.15, -0.1) is 0 Å². The molecule has 2 N–H and O–H groups in total. The Kier molecular flexibility index (Phi) is 3.05. The zero-order chi connectivity index (χ0) is 13.1. The molecule has 18 heavy (non-hydrogen) atoms. The summed E-state index contributed by atoms with van der Waals surface area (Å²) in [7, 11) is 0. The molecule has 2 rings (SSSR count). The lowest BCUT2D eigenvalue weighted by Crippen LogP contribution is -2.28. The number of esters is 1. The SMILES string of the molecule is O=C(Oc1ccc(F)cc1)c1c[nH]c(=O)[nH]c1=O. The quantitative estimate of drug-likeness (QED) is 0.596. The Hall–Kier alpha value is -2.70. The second kappa shape index (κ2) is 4.66. The summed E-state index contributed by atoms with van der Waals surface area (Å²) in [4.78, 5) is 37.7. The molecule has 0 amide bonds. The van der Waals surface area contributed by atoms with Crippen molar-refractivity contribution in [2.75, 3.05) is 0 Å². The number of aromatic nitrogens is 2. The molecule has 0 bridgehead atoms. The highest BCUT2D eigenvalue weighted by Crippen LogP contribution is 2.12. The van der Waals surface area contributed by atoms with Crippen molar-refractivity contribution in [2.24, 2.45) is 0 Å². The molecular weight excluding hydrogens is 243 g/mol. The van der Waals surface area contributed by atoms with Gasteiger partial charge in [-0.25, -0.2) is 14.0 Å². The first-order chi connectivity index (χ1) is 8.56. The van der Waals surface area contributed by atoms with Crippen molar-refractivity contribution in [1.29, 1.82) is 0 Å². The fourth-order valence-corrected chi connectivity index (χ4v) is 1.23. The Morgan fingerprint density at radius 1 is 1.17 bits per heavy atom. The molecule has 0 aliphatic heterocycles. The van der Waals surface area contributed by atoms with Crippen molar-refractivity contribution in [1.82, 2.24) is 9.97 Å². The Balaban J connectivity index is 2.24. The van der Waals surface area contributed by atoms with Crippen molar-refractivity contribution in [3.63, 3.8) is 0 Å². The van der Waals surface area contributed by atoms with Gasteiger partial charge in [-0.1, -0.05) is 0 Å². The van der Waals surface area contributed by atoms with Gasteiger partial charge in [0.25, 0.3) is 5.56 Å². The van der Waals surface area contributed by atoms with E-state index in [1.54, 1.807) is 0 Å². The van der Waals surface area contributed by atoms with Gasteiger partial charge in [0.1, 0.15) is 17.1 Å². The van der Waals surface area contributed by atoms with Gasteiger partial charge in [-0.3, -0.25) is 9.78 Å². The second-order valence-electron chi connectivity index (χ2n) is 3.33. The highest BCUT2D eigenvalue weighted by molar-refractivity contribution is 5.90. The minimum Gasteiger partial charge on any atom is -0.423 e. The molecule has 0 fully saturated rings. The van der Waals surface area contributed by atoms with Gasteiger partial charge in [0.15, 0.2) is 0 Å². The number of hydrogen-bond acceptors (Lipinski definition) is 4. The van der Waals surface area contributed by atoms with Crippen LogP contribution < -0.4 is 16.0 Å². The highest BCUT2D eigenvalue weighted by atomic mass is 19.1. The predicted molar refractivity (Wildman–Crippen MR) is 59.0 cm³/mol. The van der Waals surface area contributed by atoms with Gasteiger partial charge in [0.2, 0.25) is 0 Å². The molecule has 0 aliphatic carbocycles. The number of carbonyl (C=O) groups is 1. The van der Waals surface area contributed by atoms with Gasteiger partial charge < -0.3 is 9.72 Å². The zero-order valence-electron chi connectivity index (χ0n) is 8.90. The normalized spacial score (nSPS) is 10.1. The molecule has 92 valence electrons. The number of carbonyl (C=O) groups excluding carboxylic acids is 1. The molecule has 1 aromatic heterocycles. The van der Waals surface area contributed by atoms with Gasteiger partial charge in [-0.2, -0.15) is 0 Å². The van der Waals surface area contributed by atoms with E-state index < -0.39 is 23.0 Å². The van der Waals surface area contributed by atoms with E-state index in [9.17, 15) is 18.8 Å². The molecule has 2 aromatic rings. The van der Waals surface area contributed by atoms with Crippen LogP contribution in [0.5, 0.6) is 5.75 Å². The van der Waals surface area contributed by atoms with Crippen LogP contribution in [0.15, 0.2) is 40.1 Å². The minimum absolute atomic E-state index is 0.0898. The van der Waals surface area contributed by atoms with Crippen LogP contribution in [-0.4, -0.2) is 15.9 Å². The topological polar surface area (TPSA) is 92.0 Å². The van der Waals surface area contributed by atoms with E-state index in [0.29, 0.717) is 0 Å². The number of H-pyrrole nitrogens is 2. The minimum atomic E-state index is -0.945. The first-order valence-electron chi connectivity index (χ1n) is 4.86. The number of aromatic amines is 2. The van der Waals surface area contributed by atoms with Crippen LogP contribution in [0.1, 0.15) is 10.4 Å². The third-order valence-electron chi connectivity index (χ3n) is 2.06. The van der Waals surface area contributed by atoms with E-state index in [4.69, 9.17) is 4.74 Å². The summed E-state index contributed by atoms with van der Waals surface area (Å²) < 4.78 is 17.4. The number of rotatable bonds is 2. The maximum absolute atomic E-state index is 12.6. The summed E-state index contributed by atoms with van der Waals surface area (Å²) in [6.07, 6.45) is 0.951. The average molecular weight is 250 g/mol. The summed E-state index contributed by atoms with van der Waals surface area (Å²) in [6, 6.07) is 4.71. The van der Waals surface area contributed by atoms with Crippen LogP contribution in [0.3, 0.4) is 0 Å². The maximum atomic E-state index is 12.6. The number of halogens is 1. The number of nitrogens with one attached hydrogen (secondary N) is 2. The zero-order valence-corrected chi connectivity index (χ0v) is 8.90. The number of ether oxygens (including phenoxy) is 1. The van der Waals surface area contributed by atoms with E-state index in [-0.39, 0.29) is 11.3 Å². The molecule has 1 heterocycles. The lowest BCUT2D eigenvalue weighted by atomic mass is 10.3. The number of benzene rings is 1. The van der Waals surface area contributed by atoms with Crippen molar-refractivity contribution in [3.8, 4) is 5.75 Å². The summed E-state index contributed by atoms with van der Waals surface area (Å²) in [5.41, 5.74) is -1.93. The smallest absolute Gasteiger partial charge is 0.350 e. The maximum Gasteiger partial charge on any atom is 0.350 e. The van der Waals surface area contributed by atoms with Crippen molar-refractivity contribution >= 4 is 5.97 Å². The first-order valence-corrected chi connectivity index (χ1v) is 4.86. The van der Waals surface area contributed by atoms with Crippen molar-refractivity contribution in [3.05, 3.63) is 62.7 Å². The average Bonchev–Trinajstić information content (AvgIpc) is 2.32. The van der Waals surface area contributed by atoms with Crippen LogP contribution in [0.25, 0.3) is 0 Å². The summed E-state index contributed by atoms with van der Waals surface area (Å²) in [6.45, 7) is 0. The molecule has 6 nitrogen and oxygen atoms in total. The van der Waals surface area contributed by atoms with Crippen LogP contribution in [0.4, 0.5) is 4.39 Å². The van der Waals surface area contributed by atoms with Crippen LogP contribution in [-0.2, 0) is 0 Å². The molecule has 0 aliphatic rings. The van der Waals surface area contributed by atoms with Gasteiger partial charge in [0, 0.05) is 6.20 Å². The Labute approximate surface area is 99.1 Å². The molecule has 0 spiro atoms. The molecule has 0 atom stereocenters. The monoisotopic (exact) mass is 250 g/mol. The fourth-order valence-electron chi connectivity index (χ4n) is 1.23. The summed E-state index contributed by atoms with van der Waals surface area (Å²) in [5, 5.41) is 0. The van der Waals surface area contributed by atoms with Crippen LogP contribution >= 0.6 is 0 Å². The van der Waals surface area contributed by atoms with Crippen LogP contribution in [0.2, 0.25) is 0 Å². The Bertz CT molecular complexity index is 687. The molecule has 0 saturated carbocycles. The first kappa shape index (κ1) is 11.8.